The van der Waals surface area contributed by atoms with E-state index in [9.17, 15) is 4.39 Å². The van der Waals surface area contributed by atoms with Gasteiger partial charge in [-0.3, -0.25) is 4.99 Å². The van der Waals surface area contributed by atoms with Crippen LogP contribution in [0.2, 0.25) is 0 Å². The molecule has 0 spiro atoms. The maximum Gasteiger partial charge on any atom is 0.190 e. The topological polar surface area (TPSA) is 54.9 Å². The molecule has 1 atom stereocenters. The minimum absolute atomic E-state index is 0.191. The second-order valence-electron chi connectivity index (χ2n) is 6.24. The zero-order chi connectivity index (χ0) is 18.5. The summed E-state index contributed by atoms with van der Waals surface area (Å²) in [7, 11) is 1.78. The molecule has 1 aliphatic rings. The third-order valence-electron chi connectivity index (χ3n) is 4.05. The Balaban J connectivity index is 1.43. The van der Waals surface area contributed by atoms with Gasteiger partial charge in [-0.15, -0.1) is 11.8 Å². The molecule has 1 saturated heterocycles. The van der Waals surface area contributed by atoms with E-state index in [1.165, 1.54) is 12.1 Å². The summed E-state index contributed by atoms with van der Waals surface area (Å²) in [6.07, 6.45) is 3.08. The molecule has 0 aromatic heterocycles. The summed E-state index contributed by atoms with van der Waals surface area (Å²) in [5, 5.41) is 6.61. The number of rotatable bonds is 11. The Hall–Kier alpha value is -1.31. The number of hydrogen-bond acceptors (Lipinski definition) is 4. The van der Waals surface area contributed by atoms with E-state index in [1.807, 2.05) is 12.1 Å². The van der Waals surface area contributed by atoms with E-state index in [-0.39, 0.29) is 5.82 Å². The summed E-state index contributed by atoms with van der Waals surface area (Å²) < 4.78 is 23.9. The number of guanidine groups is 1. The van der Waals surface area contributed by atoms with Crippen LogP contribution in [0.3, 0.4) is 0 Å². The number of nitrogens with one attached hydrogen (secondary N) is 2. The third-order valence-corrected chi connectivity index (χ3v) is 5.15. The summed E-state index contributed by atoms with van der Waals surface area (Å²) in [5.41, 5.74) is 0. The number of hydrogen-bond donors (Lipinski definition) is 2. The fraction of sp³-hybridized carbons (Fsp3) is 0.632. The van der Waals surface area contributed by atoms with Crippen LogP contribution in [0.15, 0.2) is 34.2 Å². The SMILES string of the molecule is CN=C(NCCCOCC1CCOC1)NCCCSc1ccc(F)cc1. The lowest BCUT2D eigenvalue weighted by molar-refractivity contribution is 0.0888. The standard InChI is InChI=1S/C19H30FN3O2S/c1-21-19(22-9-2-11-24-14-16-8-12-25-15-16)23-10-3-13-26-18-6-4-17(20)5-7-18/h4-7,16H,2-3,8-15H2,1H3,(H2,21,22,23). The Morgan fingerprint density at radius 2 is 2.04 bits per heavy atom. The van der Waals surface area contributed by atoms with Crippen LogP contribution in [0, 0.1) is 11.7 Å². The number of benzene rings is 1. The van der Waals surface area contributed by atoms with Gasteiger partial charge in [-0.1, -0.05) is 0 Å². The maximum atomic E-state index is 12.8. The number of thioether (sulfide) groups is 1. The highest BCUT2D eigenvalue weighted by Gasteiger charge is 2.15. The summed E-state index contributed by atoms with van der Waals surface area (Å²) >= 11 is 1.73. The van der Waals surface area contributed by atoms with Crippen LogP contribution in [0.1, 0.15) is 19.3 Å². The smallest absolute Gasteiger partial charge is 0.190 e. The van der Waals surface area contributed by atoms with Gasteiger partial charge in [0, 0.05) is 44.2 Å². The average Bonchev–Trinajstić information content (AvgIpc) is 3.17. The number of nitrogens with zero attached hydrogens (tertiary/aromatic N) is 1. The van der Waals surface area contributed by atoms with Gasteiger partial charge in [-0.25, -0.2) is 4.39 Å². The highest BCUT2D eigenvalue weighted by molar-refractivity contribution is 7.99. The molecule has 7 heteroatoms. The molecular weight excluding hydrogens is 353 g/mol. The summed E-state index contributed by atoms with van der Waals surface area (Å²) in [4.78, 5) is 5.32. The van der Waals surface area contributed by atoms with Gasteiger partial charge in [0.2, 0.25) is 0 Å². The van der Waals surface area contributed by atoms with Gasteiger partial charge >= 0.3 is 0 Å². The van der Waals surface area contributed by atoms with Crippen LogP contribution in [0.25, 0.3) is 0 Å². The van der Waals surface area contributed by atoms with Gasteiger partial charge < -0.3 is 20.1 Å². The fourth-order valence-electron chi connectivity index (χ4n) is 2.57. The minimum atomic E-state index is -0.191. The van der Waals surface area contributed by atoms with Crippen molar-refractivity contribution < 1.29 is 13.9 Å². The lowest BCUT2D eigenvalue weighted by atomic mass is 10.1. The van der Waals surface area contributed by atoms with E-state index < -0.39 is 0 Å². The molecule has 146 valence electrons. The molecule has 1 aliphatic heterocycles. The minimum Gasteiger partial charge on any atom is -0.381 e. The average molecular weight is 384 g/mol. The van der Waals surface area contributed by atoms with Crippen LogP contribution < -0.4 is 10.6 Å². The number of aliphatic imine (C=N–C) groups is 1. The molecule has 0 radical (unpaired) electrons. The number of halogens is 1. The summed E-state index contributed by atoms with van der Waals surface area (Å²) in [6.45, 7) is 4.97. The van der Waals surface area contributed by atoms with E-state index in [0.717, 1.165) is 75.4 Å². The Morgan fingerprint density at radius 3 is 2.73 bits per heavy atom. The predicted molar refractivity (Wildman–Crippen MR) is 105 cm³/mol. The molecule has 0 amide bonds. The molecule has 1 heterocycles. The molecule has 1 fully saturated rings. The zero-order valence-corrected chi connectivity index (χ0v) is 16.3. The summed E-state index contributed by atoms with van der Waals surface area (Å²) in [6, 6.07) is 6.63. The molecule has 2 N–H and O–H groups in total. The van der Waals surface area contributed by atoms with Crippen molar-refractivity contribution in [2.75, 3.05) is 52.3 Å². The van der Waals surface area contributed by atoms with Crippen molar-refractivity contribution in [1.29, 1.82) is 0 Å². The molecule has 1 unspecified atom stereocenters. The molecule has 1 aromatic rings. The Labute approximate surface area is 160 Å². The maximum absolute atomic E-state index is 12.8. The van der Waals surface area contributed by atoms with Crippen molar-refractivity contribution in [2.24, 2.45) is 10.9 Å². The monoisotopic (exact) mass is 383 g/mol. The molecule has 0 bridgehead atoms. The van der Waals surface area contributed by atoms with Gasteiger partial charge in [0.05, 0.1) is 13.2 Å². The molecule has 26 heavy (non-hydrogen) atoms. The van der Waals surface area contributed by atoms with Crippen LogP contribution in [0.5, 0.6) is 0 Å². The van der Waals surface area contributed by atoms with E-state index in [1.54, 1.807) is 18.8 Å². The summed E-state index contributed by atoms with van der Waals surface area (Å²) in [5.74, 6) is 2.18. The normalized spacial score (nSPS) is 17.5. The Bertz CT molecular complexity index is 522. The van der Waals surface area contributed by atoms with Crippen molar-refractivity contribution >= 4 is 17.7 Å². The quantitative estimate of drug-likeness (QED) is 0.266. The van der Waals surface area contributed by atoms with Crippen LogP contribution in [-0.4, -0.2) is 58.3 Å². The van der Waals surface area contributed by atoms with Gasteiger partial charge in [-0.2, -0.15) is 0 Å². The van der Waals surface area contributed by atoms with Crippen LogP contribution in [0.4, 0.5) is 4.39 Å². The van der Waals surface area contributed by atoms with Gasteiger partial charge in [0.1, 0.15) is 5.82 Å². The van der Waals surface area contributed by atoms with Crippen molar-refractivity contribution in [2.45, 2.75) is 24.2 Å². The second-order valence-corrected chi connectivity index (χ2v) is 7.41. The van der Waals surface area contributed by atoms with Gasteiger partial charge in [-0.05, 0) is 49.3 Å². The van der Waals surface area contributed by atoms with Crippen molar-refractivity contribution in [3.05, 3.63) is 30.1 Å². The third kappa shape index (κ3) is 8.87. The number of ether oxygens (including phenoxy) is 2. The van der Waals surface area contributed by atoms with Crippen molar-refractivity contribution in [1.82, 2.24) is 10.6 Å². The highest BCUT2D eigenvalue weighted by Crippen LogP contribution is 2.18. The molecule has 0 aliphatic carbocycles. The lowest BCUT2D eigenvalue weighted by Crippen LogP contribution is -2.38. The van der Waals surface area contributed by atoms with Gasteiger partial charge in [0.15, 0.2) is 5.96 Å². The molecule has 1 aromatic carbocycles. The molecule has 2 rings (SSSR count). The highest BCUT2D eigenvalue weighted by atomic mass is 32.2. The lowest BCUT2D eigenvalue weighted by Gasteiger charge is -2.12. The van der Waals surface area contributed by atoms with Crippen LogP contribution in [-0.2, 0) is 9.47 Å². The Kier molecular flexibility index (Phi) is 10.5. The van der Waals surface area contributed by atoms with E-state index >= 15 is 0 Å². The molecule has 0 saturated carbocycles. The van der Waals surface area contributed by atoms with E-state index in [0.29, 0.717) is 5.92 Å². The largest absolute Gasteiger partial charge is 0.381 e. The molecular formula is C19H30FN3O2S. The zero-order valence-electron chi connectivity index (χ0n) is 15.5. The van der Waals surface area contributed by atoms with Crippen molar-refractivity contribution in [3.8, 4) is 0 Å². The van der Waals surface area contributed by atoms with E-state index in [2.05, 4.69) is 15.6 Å². The van der Waals surface area contributed by atoms with Gasteiger partial charge in [0.25, 0.3) is 0 Å². The van der Waals surface area contributed by atoms with Crippen LogP contribution >= 0.6 is 11.8 Å². The Morgan fingerprint density at radius 1 is 1.27 bits per heavy atom. The first-order valence-electron chi connectivity index (χ1n) is 9.26. The second kappa shape index (κ2) is 12.9. The fourth-order valence-corrected chi connectivity index (χ4v) is 3.42. The first kappa shape index (κ1) is 21.0. The first-order valence-corrected chi connectivity index (χ1v) is 10.2. The molecule has 5 nitrogen and oxygen atoms in total. The first-order chi connectivity index (χ1) is 12.8. The van der Waals surface area contributed by atoms with Crippen molar-refractivity contribution in [3.63, 3.8) is 0 Å². The predicted octanol–water partition coefficient (Wildman–Crippen LogP) is 2.92. The van der Waals surface area contributed by atoms with E-state index in [4.69, 9.17) is 9.47 Å².